The highest BCUT2D eigenvalue weighted by molar-refractivity contribution is 9.10. The first-order valence-corrected chi connectivity index (χ1v) is 7.59. The third-order valence-corrected chi connectivity index (χ3v) is 4.47. The van der Waals surface area contributed by atoms with Gasteiger partial charge in [0, 0.05) is 14.5 Å². The minimum atomic E-state index is -0.166. The predicted molar refractivity (Wildman–Crippen MR) is 87.8 cm³/mol. The summed E-state index contributed by atoms with van der Waals surface area (Å²) in [7, 11) is 0. The van der Waals surface area contributed by atoms with E-state index in [1.54, 1.807) is 0 Å². The molecule has 1 amide bonds. The zero-order valence-electron chi connectivity index (χ0n) is 10.6. The van der Waals surface area contributed by atoms with Gasteiger partial charge in [0.05, 0.1) is 11.4 Å². The largest absolute Gasteiger partial charge is 0.320 e. The van der Waals surface area contributed by atoms with Gasteiger partial charge in [0.1, 0.15) is 5.71 Å². The summed E-state index contributed by atoms with van der Waals surface area (Å²) in [5.41, 5.74) is 3.93. The number of benzene rings is 2. The number of nitrogens with one attached hydrogen (secondary N) is 1. The topological polar surface area (TPSA) is 41.5 Å². The Hall–Kier alpha value is -1.46. The minimum Gasteiger partial charge on any atom is -0.320 e. The van der Waals surface area contributed by atoms with Gasteiger partial charge in [-0.2, -0.15) is 0 Å². The lowest BCUT2D eigenvalue weighted by Gasteiger charge is -2.03. The van der Waals surface area contributed by atoms with E-state index in [1.807, 2.05) is 43.3 Å². The number of hydrogen-bond acceptors (Lipinski definition) is 2. The van der Waals surface area contributed by atoms with Gasteiger partial charge < -0.3 is 5.32 Å². The van der Waals surface area contributed by atoms with Gasteiger partial charge in [-0.05, 0) is 48.9 Å². The molecule has 0 unspecified atom stereocenters. The molecular weight excluding hydrogens is 384 g/mol. The molecule has 0 saturated carbocycles. The van der Waals surface area contributed by atoms with Crippen molar-refractivity contribution in [3.8, 4) is 0 Å². The Morgan fingerprint density at radius 1 is 1.10 bits per heavy atom. The summed E-state index contributed by atoms with van der Waals surface area (Å²) < 4.78 is 1.96. The Balaban J connectivity index is 2.10. The van der Waals surface area contributed by atoms with Crippen molar-refractivity contribution in [1.82, 2.24) is 0 Å². The number of nitrogens with zero attached hydrogens (tertiary/aromatic N) is 1. The number of aliphatic imine (C=N–C) groups is 1. The molecule has 0 saturated heterocycles. The average Bonchev–Trinajstić information content (AvgIpc) is 2.69. The Kier molecular flexibility index (Phi) is 3.48. The van der Waals surface area contributed by atoms with Crippen molar-refractivity contribution in [2.45, 2.75) is 6.92 Å². The second-order valence-electron chi connectivity index (χ2n) is 4.54. The van der Waals surface area contributed by atoms with Gasteiger partial charge in [-0.3, -0.25) is 4.79 Å². The summed E-state index contributed by atoms with van der Waals surface area (Å²) in [5.74, 6) is -0.166. The Morgan fingerprint density at radius 2 is 1.80 bits per heavy atom. The number of carbonyl (C=O) groups excluding carboxylic acids is 1. The Labute approximate surface area is 133 Å². The fourth-order valence-electron chi connectivity index (χ4n) is 2.04. The van der Waals surface area contributed by atoms with Crippen LogP contribution in [-0.2, 0) is 4.79 Å². The molecule has 2 aromatic carbocycles. The molecule has 0 aromatic heterocycles. The third-order valence-electron chi connectivity index (χ3n) is 3.08. The van der Waals surface area contributed by atoms with Crippen LogP contribution >= 0.6 is 31.9 Å². The molecule has 1 N–H and O–H groups in total. The summed E-state index contributed by atoms with van der Waals surface area (Å²) in [4.78, 5) is 16.5. The molecule has 1 heterocycles. The molecule has 3 rings (SSSR count). The number of amides is 1. The highest BCUT2D eigenvalue weighted by Crippen LogP contribution is 2.31. The maximum absolute atomic E-state index is 12.1. The number of carbonyl (C=O) groups is 1. The van der Waals surface area contributed by atoms with E-state index in [0.29, 0.717) is 5.71 Å². The molecule has 100 valence electrons. The molecule has 20 heavy (non-hydrogen) atoms. The van der Waals surface area contributed by atoms with E-state index in [2.05, 4.69) is 42.2 Å². The van der Waals surface area contributed by atoms with Crippen LogP contribution in [0.4, 0.5) is 11.4 Å². The summed E-state index contributed by atoms with van der Waals surface area (Å²) in [6.45, 7) is 1.99. The van der Waals surface area contributed by atoms with Crippen molar-refractivity contribution < 1.29 is 4.79 Å². The van der Waals surface area contributed by atoms with E-state index in [1.165, 1.54) is 0 Å². The molecule has 5 heteroatoms. The second-order valence-corrected chi connectivity index (χ2v) is 6.31. The van der Waals surface area contributed by atoms with Crippen LogP contribution in [0.15, 0.2) is 50.3 Å². The summed E-state index contributed by atoms with van der Waals surface area (Å²) >= 11 is 6.85. The van der Waals surface area contributed by atoms with Crippen molar-refractivity contribution >= 4 is 54.9 Å². The average molecular weight is 394 g/mol. The first-order chi connectivity index (χ1) is 9.54. The van der Waals surface area contributed by atoms with Crippen molar-refractivity contribution in [1.29, 1.82) is 0 Å². The molecular formula is C15H10Br2N2O. The first kappa shape index (κ1) is 13.5. The molecule has 0 spiro atoms. The van der Waals surface area contributed by atoms with Crippen LogP contribution in [0, 0.1) is 6.92 Å². The molecule has 0 radical (unpaired) electrons. The van der Waals surface area contributed by atoms with Crippen LogP contribution in [0.25, 0.3) is 0 Å². The van der Waals surface area contributed by atoms with Crippen LogP contribution in [0.1, 0.15) is 11.1 Å². The number of hydrogen-bond donors (Lipinski definition) is 1. The van der Waals surface area contributed by atoms with Crippen LogP contribution in [-0.4, -0.2) is 11.6 Å². The summed E-state index contributed by atoms with van der Waals surface area (Å²) in [6.07, 6.45) is 0. The van der Waals surface area contributed by atoms with Gasteiger partial charge in [0.25, 0.3) is 5.91 Å². The van der Waals surface area contributed by atoms with Crippen LogP contribution in [0.2, 0.25) is 0 Å². The van der Waals surface area contributed by atoms with Gasteiger partial charge in [0.15, 0.2) is 0 Å². The van der Waals surface area contributed by atoms with Crippen molar-refractivity contribution in [3.63, 3.8) is 0 Å². The van der Waals surface area contributed by atoms with E-state index in [4.69, 9.17) is 0 Å². The molecule has 1 aliphatic heterocycles. The third kappa shape index (κ3) is 2.43. The monoisotopic (exact) mass is 392 g/mol. The van der Waals surface area contributed by atoms with Crippen molar-refractivity contribution in [3.05, 3.63) is 56.5 Å². The predicted octanol–water partition coefficient (Wildman–Crippen LogP) is 4.59. The molecule has 0 aliphatic carbocycles. The Bertz CT molecular complexity index is 736. The lowest BCUT2D eigenvalue weighted by Crippen LogP contribution is -2.13. The van der Waals surface area contributed by atoms with Gasteiger partial charge >= 0.3 is 0 Å². The fourth-order valence-corrected chi connectivity index (χ4v) is 2.65. The maximum Gasteiger partial charge on any atom is 0.275 e. The summed E-state index contributed by atoms with van der Waals surface area (Å²) in [5, 5.41) is 2.84. The number of aryl methyl sites for hydroxylation is 1. The quantitative estimate of drug-likeness (QED) is 0.756. The molecule has 1 aliphatic rings. The van der Waals surface area contributed by atoms with Gasteiger partial charge in [-0.1, -0.05) is 31.9 Å². The highest BCUT2D eigenvalue weighted by atomic mass is 79.9. The van der Waals surface area contributed by atoms with Crippen LogP contribution in [0.5, 0.6) is 0 Å². The van der Waals surface area contributed by atoms with Gasteiger partial charge in [0.2, 0.25) is 0 Å². The van der Waals surface area contributed by atoms with Crippen LogP contribution < -0.4 is 5.32 Å². The van der Waals surface area contributed by atoms with Crippen LogP contribution in [0.3, 0.4) is 0 Å². The Morgan fingerprint density at radius 3 is 2.50 bits per heavy atom. The van der Waals surface area contributed by atoms with E-state index >= 15 is 0 Å². The molecule has 0 atom stereocenters. The minimum absolute atomic E-state index is 0.166. The molecule has 0 bridgehead atoms. The number of anilines is 1. The lowest BCUT2D eigenvalue weighted by atomic mass is 10.1. The molecule has 0 fully saturated rings. The first-order valence-electron chi connectivity index (χ1n) is 6.01. The van der Waals surface area contributed by atoms with Crippen molar-refractivity contribution in [2.24, 2.45) is 4.99 Å². The second kappa shape index (κ2) is 5.14. The number of halogens is 2. The fraction of sp³-hybridized carbons (Fsp3) is 0.0667. The normalized spacial score (nSPS) is 15.3. The van der Waals surface area contributed by atoms with Gasteiger partial charge in [-0.15, -0.1) is 0 Å². The van der Waals surface area contributed by atoms with Gasteiger partial charge in [-0.25, -0.2) is 4.99 Å². The molecule has 2 aromatic rings. The SMILES string of the molecule is Cc1cc2c(cc1Br)NC(=O)C2=Nc1ccc(Br)cc1. The van der Waals surface area contributed by atoms with E-state index < -0.39 is 0 Å². The zero-order chi connectivity index (χ0) is 14.3. The number of rotatable bonds is 1. The molecule has 3 nitrogen and oxygen atoms in total. The van der Waals surface area contributed by atoms with E-state index in [-0.39, 0.29) is 5.91 Å². The number of fused-ring (bicyclic) bond motifs is 1. The smallest absolute Gasteiger partial charge is 0.275 e. The van der Waals surface area contributed by atoms with E-state index in [0.717, 1.165) is 31.4 Å². The zero-order valence-corrected chi connectivity index (χ0v) is 13.7. The standard InChI is InChI=1S/C15H10Br2N2O/c1-8-6-11-13(7-12(8)17)19-15(20)14(11)18-10-4-2-9(16)3-5-10/h2-7H,1H3,(H,18,19,20). The lowest BCUT2D eigenvalue weighted by molar-refractivity contribution is -0.110. The summed E-state index contributed by atoms with van der Waals surface area (Å²) in [6, 6.07) is 11.4. The van der Waals surface area contributed by atoms with E-state index in [9.17, 15) is 4.79 Å². The highest BCUT2D eigenvalue weighted by Gasteiger charge is 2.26. The van der Waals surface area contributed by atoms with Crippen molar-refractivity contribution in [2.75, 3.05) is 5.32 Å². The maximum atomic E-state index is 12.1.